The van der Waals surface area contributed by atoms with Crippen LogP contribution >= 0.6 is 11.6 Å². The highest BCUT2D eigenvalue weighted by atomic mass is 35.5. The smallest absolute Gasteiger partial charge is 0.165 e. The number of benzene rings is 2. The summed E-state index contributed by atoms with van der Waals surface area (Å²) in [6.07, 6.45) is 1.75. The van der Waals surface area contributed by atoms with Crippen LogP contribution in [0.5, 0.6) is 11.5 Å². The van der Waals surface area contributed by atoms with Crippen LogP contribution in [0.15, 0.2) is 60.8 Å². The average molecular weight is 367 g/mol. The molecule has 4 rings (SSSR count). The zero-order chi connectivity index (χ0) is 17.9. The SMILES string of the molecule is Oc1cc(-c2ccccn2)cc2c1OCCN(Cc1ccccc1Cl)C2. The van der Waals surface area contributed by atoms with Crippen LogP contribution in [0.1, 0.15) is 11.1 Å². The van der Waals surface area contributed by atoms with Gasteiger partial charge in [-0.1, -0.05) is 35.9 Å². The highest BCUT2D eigenvalue weighted by molar-refractivity contribution is 6.31. The first kappa shape index (κ1) is 16.9. The minimum Gasteiger partial charge on any atom is -0.504 e. The van der Waals surface area contributed by atoms with E-state index in [9.17, 15) is 5.11 Å². The van der Waals surface area contributed by atoms with E-state index in [1.807, 2.05) is 48.5 Å². The van der Waals surface area contributed by atoms with Crippen molar-refractivity contribution in [1.29, 1.82) is 0 Å². The van der Waals surface area contributed by atoms with Gasteiger partial charge in [0.1, 0.15) is 6.61 Å². The Morgan fingerprint density at radius 3 is 2.77 bits per heavy atom. The van der Waals surface area contributed by atoms with Gasteiger partial charge in [-0.3, -0.25) is 9.88 Å². The molecule has 132 valence electrons. The first-order valence-corrected chi connectivity index (χ1v) is 8.94. The number of hydrogen-bond donors (Lipinski definition) is 1. The van der Waals surface area contributed by atoms with Gasteiger partial charge in [-0.15, -0.1) is 0 Å². The summed E-state index contributed by atoms with van der Waals surface area (Å²) in [5, 5.41) is 11.2. The van der Waals surface area contributed by atoms with Crippen molar-refractivity contribution < 1.29 is 9.84 Å². The van der Waals surface area contributed by atoms with Crippen LogP contribution < -0.4 is 4.74 Å². The van der Waals surface area contributed by atoms with E-state index < -0.39 is 0 Å². The van der Waals surface area contributed by atoms with Crippen LogP contribution in [-0.2, 0) is 13.1 Å². The molecule has 0 amide bonds. The van der Waals surface area contributed by atoms with Crippen molar-refractivity contribution >= 4 is 11.6 Å². The number of ether oxygens (including phenoxy) is 1. The molecule has 0 bridgehead atoms. The van der Waals surface area contributed by atoms with Crippen LogP contribution in [0.4, 0.5) is 0 Å². The monoisotopic (exact) mass is 366 g/mol. The topological polar surface area (TPSA) is 45.6 Å². The predicted molar refractivity (Wildman–Crippen MR) is 102 cm³/mol. The summed E-state index contributed by atoms with van der Waals surface area (Å²) in [5.41, 5.74) is 3.75. The minimum absolute atomic E-state index is 0.155. The van der Waals surface area contributed by atoms with E-state index in [-0.39, 0.29) is 5.75 Å². The number of rotatable bonds is 3. The van der Waals surface area contributed by atoms with Crippen molar-refractivity contribution in [2.75, 3.05) is 13.2 Å². The maximum absolute atomic E-state index is 10.5. The number of hydrogen-bond acceptors (Lipinski definition) is 4. The van der Waals surface area contributed by atoms with Gasteiger partial charge >= 0.3 is 0 Å². The Hall–Kier alpha value is -2.56. The van der Waals surface area contributed by atoms with Gasteiger partial charge in [0.15, 0.2) is 11.5 Å². The molecule has 4 nitrogen and oxygen atoms in total. The Bertz CT molecular complexity index is 915. The second kappa shape index (κ2) is 7.36. The Morgan fingerprint density at radius 1 is 1.12 bits per heavy atom. The summed E-state index contributed by atoms with van der Waals surface area (Å²) in [6.45, 7) is 2.69. The summed E-state index contributed by atoms with van der Waals surface area (Å²) < 4.78 is 5.82. The van der Waals surface area contributed by atoms with E-state index in [1.54, 1.807) is 12.3 Å². The molecule has 0 saturated heterocycles. The summed E-state index contributed by atoms with van der Waals surface area (Å²) in [6, 6.07) is 17.4. The molecule has 0 unspecified atom stereocenters. The first-order valence-electron chi connectivity index (χ1n) is 8.56. The fourth-order valence-corrected chi connectivity index (χ4v) is 3.43. The predicted octanol–water partition coefficient (Wildman–Crippen LogP) is 4.50. The fourth-order valence-electron chi connectivity index (χ4n) is 3.24. The lowest BCUT2D eigenvalue weighted by Gasteiger charge is -2.20. The molecule has 0 saturated carbocycles. The van der Waals surface area contributed by atoms with Crippen LogP contribution in [0.3, 0.4) is 0 Å². The third-order valence-electron chi connectivity index (χ3n) is 4.51. The van der Waals surface area contributed by atoms with Crippen molar-refractivity contribution in [3.8, 4) is 22.8 Å². The Morgan fingerprint density at radius 2 is 1.96 bits per heavy atom. The number of nitrogens with zero attached hydrogens (tertiary/aromatic N) is 2. The fraction of sp³-hybridized carbons (Fsp3) is 0.190. The summed E-state index contributed by atoms with van der Waals surface area (Å²) in [4.78, 5) is 6.65. The van der Waals surface area contributed by atoms with E-state index >= 15 is 0 Å². The van der Waals surface area contributed by atoms with Crippen LogP contribution in [-0.4, -0.2) is 28.1 Å². The molecule has 0 spiro atoms. The highest BCUT2D eigenvalue weighted by Gasteiger charge is 2.20. The van der Waals surface area contributed by atoms with Gasteiger partial charge in [-0.25, -0.2) is 0 Å². The Kier molecular flexibility index (Phi) is 4.78. The van der Waals surface area contributed by atoms with Crippen molar-refractivity contribution in [1.82, 2.24) is 9.88 Å². The Balaban J connectivity index is 1.65. The zero-order valence-electron chi connectivity index (χ0n) is 14.2. The van der Waals surface area contributed by atoms with Gasteiger partial charge < -0.3 is 9.84 Å². The van der Waals surface area contributed by atoms with E-state index in [2.05, 4.69) is 9.88 Å². The molecule has 1 aliphatic heterocycles. The number of halogens is 1. The minimum atomic E-state index is 0.155. The quantitative estimate of drug-likeness (QED) is 0.741. The number of phenols is 1. The summed E-state index contributed by atoms with van der Waals surface area (Å²) >= 11 is 6.31. The maximum Gasteiger partial charge on any atom is 0.165 e. The molecular formula is C21H19ClN2O2. The van der Waals surface area contributed by atoms with E-state index in [0.29, 0.717) is 18.9 Å². The van der Waals surface area contributed by atoms with Gasteiger partial charge in [0.25, 0.3) is 0 Å². The molecule has 26 heavy (non-hydrogen) atoms. The molecule has 3 aromatic rings. The van der Waals surface area contributed by atoms with Crippen molar-refractivity contribution in [3.63, 3.8) is 0 Å². The van der Waals surface area contributed by atoms with Crippen LogP contribution in [0.2, 0.25) is 5.02 Å². The molecular weight excluding hydrogens is 348 g/mol. The third-order valence-corrected chi connectivity index (χ3v) is 4.88. The van der Waals surface area contributed by atoms with Gasteiger partial charge in [-0.05, 0) is 35.9 Å². The van der Waals surface area contributed by atoms with E-state index in [1.165, 1.54) is 0 Å². The number of phenolic OH excluding ortho intramolecular Hbond substituents is 1. The molecule has 1 aromatic heterocycles. The van der Waals surface area contributed by atoms with Crippen LogP contribution in [0.25, 0.3) is 11.3 Å². The molecule has 0 radical (unpaired) electrons. The van der Waals surface area contributed by atoms with Gasteiger partial charge in [0, 0.05) is 42.0 Å². The molecule has 2 aromatic carbocycles. The molecule has 0 atom stereocenters. The normalized spacial score (nSPS) is 14.3. The molecule has 2 heterocycles. The molecule has 1 aliphatic rings. The standard InChI is InChI=1S/C21H19ClN2O2/c22-18-6-2-1-5-15(18)13-24-9-10-26-21-17(14-24)11-16(12-20(21)25)19-7-3-4-8-23-19/h1-8,11-12,25H,9-10,13-14H2. The number of pyridine rings is 1. The number of aromatic nitrogens is 1. The second-order valence-corrected chi connectivity index (χ2v) is 6.76. The van der Waals surface area contributed by atoms with E-state index in [4.69, 9.17) is 16.3 Å². The summed E-state index contributed by atoms with van der Waals surface area (Å²) in [5.74, 6) is 0.717. The van der Waals surface area contributed by atoms with E-state index in [0.717, 1.165) is 40.5 Å². The molecule has 5 heteroatoms. The number of aromatic hydroxyl groups is 1. The lowest BCUT2D eigenvalue weighted by molar-refractivity contribution is 0.217. The lowest BCUT2D eigenvalue weighted by atomic mass is 10.0. The largest absolute Gasteiger partial charge is 0.504 e. The molecule has 1 N–H and O–H groups in total. The molecule has 0 fully saturated rings. The van der Waals surface area contributed by atoms with Gasteiger partial charge in [-0.2, -0.15) is 0 Å². The second-order valence-electron chi connectivity index (χ2n) is 6.35. The summed E-state index contributed by atoms with van der Waals surface area (Å²) in [7, 11) is 0. The molecule has 0 aliphatic carbocycles. The maximum atomic E-state index is 10.5. The number of fused-ring (bicyclic) bond motifs is 1. The van der Waals surface area contributed by atoms with Crippen molar-refractivity contribution in [2.24, 2.45) is 0 Å². The average Bonchev–Trinajstić information content (AvgIpc) is 2.86. The zero-order valence-corrected chi connectivity index (χ0v) is 15.0. The first-order chi connectivity index (χ1) is 12.7. The lowest BCUT2D eigenvalue weighted by Crippen LogP contribution is -2.25. The van der Waals surface area contributed by atoms with Crippen LogP contribution in [0, 0.1) is 0 Å². The van der Waals surface area contributed by atoms with Crippen molar-refractivity contribution in [2.45, 2.75) is 13.1 Å². The third kappa shape index (κ3) is 3.52. The highest BCUT2D eigenvalue weighted by Crippen LogP contribution is 2.37. The Labute approximate surface area is 157 Å². The van der Waals surface area contributed by atoms with Gasteiger partial charge in [0.2, 0.25) is 0 Å². The van der Waals surface area contributed by atoms with Crippen molar-refractivity contribution in [3.05, 3.63) is 76.9 Å². The van der Waals surface area contributed by atoms with Gasteiger partial charge in [0.05, 0.1) is 5.69 Å².